The lowest BCUT2D eigenvalue weighted by Gasteiger charge is -2.19. The first kappa shape index (κ1) is 11.7. The lowest BCUT2D eigenvalue weighted by Crippen LogP contribution is -2.08. The Bertz CT molecular complexity index is 309. The fourth-order valence-corrected chi connectivity index (χ4v) is 1.90. The second kappa shape index (κ2) is 4.94. The van der Waals surface area contributed by atoms with Crippen molar-refractivity contribution in [3.8, 4) is 0 Å². The van der Waals surface area contributed by atoms with Crippen molar-refractivity contribution in [2.75, 3.05) is 0 Å². The number of aliphatic hydroxyl groups is 1. The van der Waals surface area contributed by atoms with E-state index >= 15 is 0 Å². The molecule has 0 aliphatic rings. The molecule has 1 N–H and O–H groups in total. The molecule has 0 aliphatic heterocycles. The summed E-state index contributed by atoms with van der Waals surface area (Å²) in [6.07, 6.45) is 0.621. The van der Waals surface area contributed by atoms with Gasteiger partial charge in [-0.3, -0.25) is 0 Å². The first-order chi connectivity index (χ1) is 6.56. The Hall–Kier alpha value is -0.340. The van der Waals surface area contributed by atoms with Crippen LogP contribution in [-0.4, -0.2) is 5.11 Å². The van der Waals surface area contributed by atoms with Crippen molar-refractivity contribution < 1.29 is 5.11 Å². The monoisotopic (exact) mass is 256 g/mol. The fourth-order valence-electron chi connectivity index (χ4n) is 1.42. The topological polar surface area (TPSA) is 20.2 Å². The van der Waals surface area contributed by atoms with E-state index in [0.717, 1.165) is 16.5 Å². The van der Waals surface area contributed by atoms with E-state index in [-0.39, 0.29) is 6.10 Å². The quantitative estimate of drug-likeness (QED) is 0.872. The Morgan fingerprint density at radius 3 is 2.64 bits per heavy atom. The van der Waals surface area contributed by atoms with Crippen molar-refractivity contribution in [3.63, 3.8) is 0 Å². The highest BCUT2D eigenvalue weighted by Gasteiger charge is 2.17. The second-order valence-electron chi connectivity index (χ2n) is 3.86. The minimum atomic E-state index is -0.366. The van der Waals surface area contributed by atoms with Crippen molar-refractivity contribution in [1.29, 1.82) is 0 Å². The minimum absolute atomic E-state index is 0.299. The smallest absolute Gasteiger partial charge is 0.0826 e. The Balaban J connectivity index is 2.99. The number of hydrogen-bond donors (Lipinski definition) is 1. The summed E-state index contributed by atoms with van der Waals surface area (Å²) in [6, 6.07) is 6.08. The summed E-state index contributed by atoms with van der Waals surface area (Å²) in [7, 11) is 0. The molecule has 0 saturated heterocycles. The van der Waals surface area contributed by atoms with Gasteiger partial charge < -0.3 is 5.11 Å². The van der Waals surface area contributed by atoms with Gasteiger partial charge in [-0.1, -0.05) is 53.9 Å². The molecular weight excluding hydrogens is 240 g/mol. The molecule has 1 nitrogen and oxygen atoms in total. The first-order valence-corrected chi connectivity index (χ1v) is 5.79. The lowest BCUT2D eigenvalue weighted by molar-refractivity contribution is 0.115. The van der Waals surface area contributed by atoms with E-state index in [4.69, 9.17) is 0 Å². The molecule has 0 aromatic heterocycles. The van der Waals surface area contributed by atoms with E-state index in [1.54, 1.807) is 0 Å². The number of hydrogen-bond acceptors (Lipinski definition) is 1. The molecule has 1 rings (SSSR count). The lowest BCUT2D eigenvalue weighted by atomic mass is 9.94. The van der Waals surface area contributed by atoms with Gasteiger partial charge in [0.05, 0.1) is 6.10 Å². The number of aryl methyl sites for hydroxylation is 1. The Morgan fingerprint density at radius 2 is 2.07 bits per heavy atom. The van der Waals surface area contributed by atoms with Gasteiger partial charge in [-0.25, -0.2) is 0 Å². The zero-order chi connectivity index (χ0) is 10.7. The maximum Gasteiger partial charge on any atom is 0.0826 e. The average molecular weight is 257 g/mol. The third-order valence-corrected chi connectivity index (χ3v) is 3.38. The molecule has 1 aromatic rings. The van der Waals surface area contributed by atoms with E-state index in [9.17, 15) is 5.11 Å². The summed E-state index contributed by atoms with van der Waals surface area (Å²) in [5, 5.41) is 10.1. The third-order valence-electron chi connectivity index (χ3n) is 2.65. The van der Waals surface area contributed by atoms with Crippen LogP contribution >= 0.6 is 15.9 Å². The molecule has 0 aliphatic carbocycles. The molecule has 0 radical (unpaired) electrons. The Morgan fingerprint density at radius 1 is 1.43 bits per heavy atom. The second-order valence-corrected chi connectivity index (χ2v) is 4.71. The predicted molar refractivity (Wildman–Crippen MR) is 63.3 cm³/mol. The van der Waals surface area contributed by atoms with Gasteiger partial charge in [0, 0.05) is 4.47 Å². The van der Waals surface area contributed by atoms with Crippen LogP contribution in [0.15, 0.2) is 22.7 Å². The molecule has 14 heavy (non-hydrogen) atoms. The van der Waals surface area contributed by atoms with Crippen LogP contribution in [0.5, 0.6) is 0 Å². The number of halogens is 1. The van der Waals surface area contributed by atoms with Crippen LogP contribution < -0.4 is 0 Å². The van der Waals surface area contributed by atoms with Crippen LogP contribution in [0.1, 0.15) is 37.5 Å². The van der Waals surface area contributed by atoms with Crippen molar-refractivity contribution in [3.05, 3.63) is 33.8 Å². The standard InChI is InChI=1S/C12H17BrO/c1-4-9(3)12(14)10-7-8(2)5-6-11(10)13/h5-7,9,12,14H,4H2,1-3H3. The average Bonchev–Trinajstić information content (AvgIpc) is 2.19. The van der Waals surface area contributed by atoms with Crippen LogP contribution in [0.4, 0.5) is 0 Å². The molecule has 78 valence electrons. The predicted octanol–water partition coefficient (Wildman–Crippen LogP) is 3.84. The molecule has 1 aromatic carbocycles. The van der Waals surface area contributed by atoms with Gasteiger partial charge in [0.2, 0.25) is 0 Å². The summed E-state index contributed by atoms with van der Waals surface area (Å²) in [5.74, 6) is 0.299. The highest BCUT2D eigenvalue weighted by molar-refractivity contribution is 9.10. The van der Waals surface area contributed by atoms with Crippen LogP contribution in [-0.2, 0) is 0 Å². The maximum atomic E-state index is 10.1. The zero-order valence-electron chi connectivity index (χ0n) is 8.92. The normalized spacial score (nSPS) is 15.2. The zero-order valence-corrected chi connectivity index (χ0v) is 10.5. The van der Waals surface area contributed by atoms with Gasteiger partial charge >= 0.3 is 0 Å². The first-order valence-electron chi connectivity index (χ1n) is 5.00. The largest absolute Gasteiger partial charge is 0.388 e. The molecule has 0 spiro atoms. The molecule has 2 heteroatoms. The molecule has 0 bridgehead atoms. The van der Waals surface area contributed by atoms with Gasteiger partial charge in [0.25, 0.3) is 0 Å². The number of aliphatic hydroxyl groups excluding tert-OH is 1. The SMILES string of the molecule is CCC(C)C(O)c1cc(C)ccc1Br. The van der Waals surface area contributed by atoms with Crippen molar-refractivity contribution >= 4 is 15.9 Å². The van der Waals surface area contributed by atoms with Gasteiger partial charge in [-0.05, 0) is 24.5 Å². The summed E-state index contributed by atoms with van der Waals surface area (Å²) >= 11 is 3.47. The molecule has 0 fully saturated rings. The number of rotatable bonds is 3. The van der Waals surface area contributed by atoms with E-state index in [1.165, 1.54) is 5.56 Å². The van der Waals surface area contributed by atoms with Crippen molar-refractivity contribution in [1.82, 2.24) is 0 Å². The Labute approximate surface area is 94.3 Å². The van der Waals surface area contributed by atoms with Crippen molar-refractivity contribution in [2.24, 2.45) is 5.92 Å². The van der Waals surface area contributed by atoms with Gasteiger partial charge in [-0.2, -0.15) is 0 Å². The molecule has 0 saturated carbocycles. The minimum Gasteiger partial charge on any atom is -0.388 e. The van der Waals surface area contributed by atoms with E-state index < -0.39 is 0 Å². The molecule has 0 amide bonds. The van der Waals surface area contributed by atoms with Crippen molar-refractivity contribution in [2.45, 2.75) is 33.3 Å². The Kier molecular flexibility index (Phi) is 4.14. The summed E-state index contributed by atoms with van der Waals surface area (Å²) in [4.78, 5) is 0. The molecule has 0 heterocycles. The van der Waals surface area contributed by atoms with Crippen LogP contribution in [0, 0.1) is 12.8 Å². The van der Waals surface area contributed by atoms with Crippen LogP contribution in [0.2, 0.25) is 0 Å². The maximum absolute atomic E-state index is 10.1. The highest BCUT2D eigenvalue weighted by Crippen LogP contribution is 2.30. The van der Waals surface area contributed by atoms with E-state index in [1.807, 2.05) is 25.1 Å². The van der Waals surface area contributed by atoms with Gasteiger partial charge in [0.15, 0.2) is 0 Å². The van der Waals surface area contributed by atoms with E-state index in [0.29, 0.717) is 5.92 Å². The van der Waals surface area contributed by atoms with Crippen LogP contribution in [0.3, 0.4) is 0 Å². The van der Waals surface area contributed by atoms with E-state index in [2.05, 4.69) is 29.8 Å². The van der Waals surface area contributed by atoms with Gasteiger partial charge in [-0.15, -0.1) is 0 Å². The number of benzene rings is 1. The highest BCUT2D eigenvalue weighted by atomic mass is 79.9. The molecular formula is C12H17BrO. The van der Waals surface area contributed by atoms with Gasteiger partial charge in [0.1, 0.15) is 0 Å². The molecule has 2 atom stereocenters. The third kappa shape index (κ3) is 2.58. The molecule has 2 unspecified atom stereocenters. The summed E-state index contributed by atoms with van der Waals surface area (Å²) in [6.45, 7) is 6.20. The fraction of sp³-hybridized carbons (Fsp3) is 0.500. The summed E-state index contributed by atoms with van der Waals surface area (Å²) < 4.78 is 0.996. The van der Waals surface area contributed by atoms with Crippen LogP contribution in [0.25, 0.3) is 0 Å². The summed E-state index contributed by atoms with van der Waals surface area (Å²) in [5.41, 5.74) is 2.19.